The monoisotopic (exact) mass is 478 g/mol. The summed E-state index contributed by atoms with van der Waals surface area (Å²) in [7, 11) is 0. The molecule has 1 fully saturated rings. The fraction of sp³-hybridized carbons (Fsp3) is 0.269. The average molecular weight is 479 g/mol. The minimum atomic E-state index is -0.450. The Kier molecular flexibility index (Phi) is 7.06. The molecule has 0 spiro atoms. The smallest absolute Gasteiger partial charge is 0.184 e. The Labute approximate surface area is 201 Å². The molecule has 1 saturated heterocycles. The Balaban J connectivity index is 1.35. The summed E-state index contributed by atoms with van der Waals surface area (Å²) in [6.45, 7) is 0.542. The number of ether oxygens (including phenoxy) is 2. The van der Waals surface area contributed by atoms with E-state index in [-0.39, 0.29) is 18.8 Å². The minimum Gasteiger partial charge on any atom is -0.392 e. The first-order valence-electron chi connectivity index (χ1n) is 11.0. The Morgan fingerprint density at radius 3 is 2.39 bits per heavy atom. The van der Waals surface area contributed by atoms with Gasteiger partial charge < -0.3 is 20.3 Å². The third-order valence-electron chi connectivity index (χ3n) is 5.77. The summed E-state index contributed by atoms with van der Waals surface area (Å²) in [5.41, 5.74) is 10.8. The van der Waals surface area contributed by atoms with E-state index in [0.29, 0.717) is 6.54 Å². The molecule has 170 valence electrons. The van der Waals surface area contributed by atoms with Gasteiger partial charge in [0.2, 0.25) is 0 Å². The van der Waals surface area contributed by atoms with E-state index < -0.39 is 6.29 Å². The topological polar surface area (TPSA) is 77.6 Å². The van der Waals surface area contributed by atoms with E-state index in [1.807, 2.05) is 66.7 Å². The van der Waals surface area contributed by atoms with E-state index in [1.54, 1.807) is 23.1 Å². The number of fused-ring (bicyclic) bond motifs is 1. The second-order valence-electron chi connectivity index (χ2n) is 8.05. The highest BCUT2D eigenvalue weighted by Gasteiger charge is 2.32. The van der Waals surface area contributed by atoms with Crippen LogP contribution in [0.15, 0.2) is 77.1 Å². The van der Waals surface area contributed by atoms with Crippen molar-refractivity contribution in [2.24, 2.45) is 5.73 Å². The third kappa shape index (κ3) is 5.30. The van der Waals surface area contributed by atoms with Gasteiger partial charge >= 0.3 is 0 Å². The van der Waals surface area contributed by atoms with Crippen molar-refractivity contribution in [3.8, 4) is 0 Å². The molecule has 1 aromatic heterocycles. The number of rotatable bonds is 7. The first kappa shape index (κ1) is 22.5. The van der Waals surface area contributed by atoms with Crippen molar-refractivity contribution in [2.45, 2.75) is 42.4 Å². The summed E-state index contributed by atoms with van der Waals surface area (Å²) < 4.78 is 15.1. The fourth-order valence-electron chi connectivity index (χ4n) is 3.91. The number of hydrogen-bond acceptors (Lipinski definition) is 7. The van der Waals surface area contributed by atoms with Crippen molar-refractivity contribution in [1.82, 2.24) is 4.98 Å². The van der Waals surface area contributed by atoms with Crippen molar-refractivity contribution < 1.29 is 14.6 Å². The van der Waals surface area contributed by atoms with Crippen LogP contribution in [0.2, 0.25) is 0 Å². The number of thiazole rings is 1. The van der Waals surface area contributed by atoms with E-state index in [4.69, 9.17) is 20.2 Å². The summed E-state index contributed by atoms with van der Waals surface area (Å²) in [4.78, 5) is 4.75. The Morgan fingerprint density at radius 2 is 1.67 bits per heavy atom. The van der Waals surface area contributed by atoms with Gasteiger partial charge in [-0.3, -0.25) is 0 Å². The van der Waals surface area contributed by atoms with Gasteiger partial charge in [0.05, 0.1) is 29.0 Å². The highest BCUT2D eigenvalue weighted by molar-refractivity contribution is 8.01. The van der Waals surface area contributed by atoms with Crippen LogP contribution in [-0.4, -0.2) is 21.9 Å². The summed E-state index contributed by atoms with van der Waals surface area (Å²) in [6.07, 6.45) is 0.228. The molecule has 0 bridgehead atoms. The number of nitrogens with zero attached hydrogens (tertiary/aromatic N) is 1. The molecule has 0 unspecified atom stereocenters. The molecule has 0 amide bonds. The molecule has 3 N–H and O–H groups in total. The zero-order valence-electron chi connectivity index (χ0n) is 18.1. The van der Waals surface area contributed by atoms with Crippen LogP contribution >= 0.6 is 23.1 Å². The zero-order valence-corrected chi connectivity index (χ0v) is 19.7. The fourth-order valence-corrected chi connectivity index (χ4v) is 6.02. The summed E-state index contributed by atoms with van der Waals surface area (Å²) in [6, 6.07) is 24.3. The van der Waals surface area contributed by atoms with Crippen molar-refractivity contribution in [3.05, 3.63) is 95.1 Å². The molecule has 1 aliphatic rings. The van der Waals surface area contributed by atoms with E-state index >= 15 is 0 Å². The van der Waals surface area contributed by atoms with Crippen LogP contribution in [-0.2, 0) is 22.6 Å². The number of hydrogen-bond donors (Lipinski definition) is 2. The van der Waals surface area contributed by atoms with Crippen LogP contribution in [0.3, 0.4) is 0 Å². The van der Waals surface area contributed by atoms with Crippen LogP contribution in [0.1, 0.15) is 41.1 Å². The number of para-hydroxylation sites is 1. The Hall–Kier alpha value is -2.26. The lowest BCUT2D eigenvalue weighted by Gasteiger charge is -2.36. The molecule has 4 aromatic rings. The molecule has 1 aliphatic heterocycles. The van der Waals surface area contributed by atoms with Gasteiger partial charge in [0.15, 0.2) is 10.6 Å². The van der Waals surface area contributed by atoms with Gasteiger partial charge in [0.1, 0.15) is 0 Å². The first-order valence-corrected chi connectivity index (χ1v) is 12.8. The predicted molar refractivity (Wildman–Crippen MR) is 133 cm³/mol. The lowest BCUT2D eigenvalue weighted by molar-refractivity contribution is -0.245. The standard InChI is InChI=1S/C26H26N2O3S2/c27-14-17-5-11-20(12-6-17)25-30-21(13-23(31-25)19-9-7-18(15-29)8-10-19)16-32-26-28-22-3-1-2-4-24(22)33-26/h1-12,21,23,25,29H,13-16,27H2/t21-,23+,25+/m0/s1. The van der Waals surface area contributed by atoms with E-state index in [2.05, 4.69) is 6.07 Å². The molecule has 5 nitrogen and oxygen atoms in total. The van der Waals surface area contributed by atoms with Gasteiger partial charge in [-0.1, -0.05) is 72.4 Å². The molecule has 0 saturated carbocycles. The van der Waals surface area contributed by atoms with Crippen LogP contribution in [0.25, 0.3) is 10.2 Å². The van der Waals surface area contributed by atoms with E-state index in [0.717, 1.165) is 44.3 Å². The molecule has 0 radical (unpaired) electrons. The minimum absolute atomic E-state index is 0.0115. The lowest BCUT2D eigenvalue weighted by Crippen LogP contribution is -2.31. The molecular weight excluding hydrogens is 452 g/mol. The van der Waals surface area contributed by atoms with Gasteiger partial charge in [-0.05, 0) is 28.8 Å². The Bertz CT molecular complexity index is 1110. The molecule has 2 heterocycles. The quantitative estimate of drug-likeness (QED) is 0.338. The average Bonchev–Trinajstić information content (AvgIpc) is 3.30. The number of thioether (sulfide) groups is 1. The van der Waals surface area contributed by atoms with Gasteiger partial charge in [0, 0.05) is 24.3 Å². The van der Waals surface area contributed by atoms with Crippen LogP contribution in [0, 0.1) is 0 Å². The van der Waals surface area contributed by atoms with Crippen LogP contribution in [0.5, 0.6) is 0 Å². The number of aliphatic hydroxyl groups excluding tert-OH is 1. The summed E-state index contributed by atoms with van der Waals surface area (Å²) >= 11 is 3.45. The third-order valence-corrected chi connectivity index (χ3v) is 8.08. The normalized spacial score (nSPS) is 20.8. The maximum atomic E-state index is 9.38. The molecular formula is C26H26N2O3S2. The number of nitrogens with two attached hydrogens (primary N) is 1. The van der Waals surface area contributed by atoms with Crippen molar-refractivity contribution >= 4 is 33.3 Å². The second kappa shape index (κ2) is 10.3. The van der Waals surface area contributed by atoms with E-state index in [9.17, 15) is 5.11 Å². The van der Waals surface area contributed by atoms with Crippen LogP contribution in [0.4, 0.5) is 0 Å². The molecule has 3 aromatic carbocycles. The molecule has 0 aliphatic carbocycles. The number of aromatic nitrogens is 1. The van der Waals surface area contributed by atoms with Gasteiger partial charge in [-0.15, -0.1) is 11.3 Å². The highest BCUT2D eigenvalue weighted by atomic mass is 32.2. The highest BCUT2D eigenvalue weighted by Crippen LogP contribution is 2.40. The zero-order chi connectivity index (χ0) is 22.6. The summed E-state index contributed by atoms with van der Waals surface area (Å²) in [5.74, 6) is 0.797. The van der Waals surface area contributed by atoms with Gasteiger partial charge in [-0.25, -0.2) is 4.98 Å². The largest absolute Gasteiger partial charge is 0.392 e. The molecule has 3 atom stereocenters. The molecule has 5 rings (SSSR count). The molecule has 33 heavy (non-hydrogen) atoms. The van der Waals surface area contributed by atoms with Crippen molar-refractivity contribution in [2.75, 3.05) is 5.75 Å². The first-order chi connectivity index (χ1) is 16.2. The van der Waals surface area contributed by atoms with Gasteiger partial charge in [0.25, 0.3) is 0 Å². The maximum absolute atomic E-state index is 9.38. The predicted octanol–water partition coefficient (Wildman–Crippen LogP) is 5.59. The van der Waals surface area contributed by atoms with E-state index in [1.165, 1.54) is 4.70 Å². The second-order valence-corrected chi connectivity index (χ2v) is 10.4. The van der Waals surface area contributed by atoms with Crippen LogP contribution < -0.4 is 5.73 Å². The van der Waals surface area contributed by atoms with Crippen molar-refractivity contribution in [3.63, 3.8) is 0 Å². The van der Waals surface area contributed by atoms with Gasteiger partial charge in [-0.2, -0.15) is 0 Å². The maximum Gasteiger partial charge on any atom is 0.184 e. The number of benzene rings is 3. The SMILES string of the molecule is NCc1ccc([C@@H]2O[C@H](CSc3nc4ccccc4s3)C[C@H](c3ccc(CO)cc3)O2)cc1. The van der Waals surface area contributed by atoms with Crippen molar-refractivity contribution in [1.29, 1.82) is 0 Å². The summed E-state index contributed by atoms with van der Waals surface area (Å²) in [5, 5.41) is 9.38. The Morgan fingerprint density at radius 1 is 0.939 bits per heavy atom. The lowest BCUT2D eigenvalue weighted by atomic mass is 10.0. The number of aliphatic hydroxyl groups is 1. The molecule has 7 heteroatoms.